The molecule has 0 radical (unpaired) electrons. The summed E-state index contributed by atoms with van der Waals surface area (Å²) in [5.74, 6) is 0. The predicted octanol–water partition coefficient (Wildman–Crippen LogP) is 6.03. The summed E-state index contributed by atoms with van der Waals surface area (Å²) in [6.07, 6.45) is 23.2. The van der Waals surface area contributed by atoms with Crippen molar-refractivity contribution in [2.24, 2.45) is 0 Å². The van der Waals surface area contributed by atoms with Gasteiger partial charge in [0.25, 0.3) is 0 Å². The van der Waals surface area contributed by atoms with Crippen LogP contribution in [0, 0.1) is 0 Å². The van der Waals surface area contributed by atoms with Gasteiger partial charge in [-0.05, 0) is 32.1 Å². The number of aliphatic hydroxyl groups is 1. The minimum Gasteiger partial charge on any atom is -0.396 e. The van der Waals surface area contributed by atoms with E-state index in [1.54, 1.807) is 0 Å². The molecule has 1 heterocycles. The molecule has 1 fully saturated rings. The topological polar surface area (TPSA) is 32.8 Å². The van der Waals surface area contributed by atoms with E-state index in [4.69, 9.17) is 5.11 Å². The molecule has 1 aliphatic heterocycles. The maximum absolute atomic E-state index is 8.66. The van der Waals surface area contributed by atoms with Gasteiger partial charge in [-0.15, -0.1) is 0 Å². The fraction of sp³-hybridized carbons (Fsp3) is 0.900. The standard InChI is InChI=1S/C18H36O.C2H4O/c1-2-3-4-5-6-7-8-9-10-11-12-13-14-15-16-17-18-19;1-2-3-1/h9-10,19H,2-8,11-18H2,1H3;1-2H2. The van der Waals surface area contributed by atoms with Gasteiger partial charge in [0.2, 0.25) is 0 Å². The molecule has 132 valence electrons. The molecule has 22 heavy (non-hydrogen) atoms. The molecule has 2 heteroatoms. The molecule has 0 atom stereocenters. The number of allylic oxidation sites excluding steroid dienone is 2. The van der Waals surface area contributed by atoms with Crippen LogP contribution in [0.25, 0.3) is 0 Å². The summed E-state index contributed by atoms with van der Waals surface area (Å²) >= 11 is 0. The molecular formula is C20H40O2. The Labute approximate surface area is 139 Å². The van der Waals surface area contributed by atoms with E-state index in [0.717, 1.165) is 19.6 Å². The monoisotopic (exact) mass is 312 g/mol. The fourth-order valence-electron chi connectivity index (χ4n) is 2.36. The zero-order chi connectivity index (χ0) is 16.1. The molecule has 0 aromatic heterocycles. The van der Waals surface area contributed by atoms with Crippen molar-refractivity contribution >= 4 is 0 Å². The summed E-state index contributed by atoms with van der Waals surface area (Å²) in [7, 11) is 0. The lowest BCUT2D eigenvalue weighted by Gasteiger charge is -1.99. The second-order valence-corrected chi connectivity index (χ2v) is 6.27. The van der Waals surface area contributed by atoms with Crippen molar-refractivity contribution in [3.8, 4) is 0 Å². The molecule has 0 saturated carbocycles. The van der Waals surface area contributed by atoms with E-state index in [1.165, 1.54) is 83.5 Å². The Morgan fingerprint density at radius 2 is 1.09 bits per heavy atom. The van der Waals surface area contributed by atoms with Gasteiger partial charge in [0.1, 0.15) is 0 Å². The summed E-state index contributed by atoms with van der Waals surface area (Å²) in [6, 6.07) is 0. The van der Waals surface area contributed by atoms with E-state index >= 15 is 0 Å². The molecule has 0 aromatic rings. The van der Waals surface area contributed by atoms with Crippen LogP contribution in [-0.2, 0) is 4.74 Å². The molecule has 0 amide bonds. The van der Waals surface area contributed by atoms with Crippen LogP contribution in [0.5, 0.6) is 0 Å². The first-order valence-electron chi connectivity index (χ1n) is 9.75. The van der Waals surface area contributed by atoms with E-state index in [-0.39, 0.29) is 0 Å². The summed E-state index contributed by atoms with van der Waals surface area (Å²) < 4.78 is 4.50. The van der Waals surface area contributed by atoms with Crippen molar-refractivity contribution in [2.75, 3.05) is 19.8 Å². The SMILES string of the molecule is C1CO1.CCCCCCCCC=CCCCCCCCCO. The van der Waals surface area contributed by atoms with E-state index in [9.17, 15) is 0 Å². The van der Waals surface area contributed by atoms with Crippen LogP contribution in [0.3, 0.4) is 0 Å². The van der Waals surface area contributed by atoms with Gasteiger partial charge >= 0.3 is 0 Å². The minimum absolute atomic E-state index is 0.362. The third kappa shape index (κ3) is 24.7. The highest BCUT2D eigenvalue weighted by Gasteiger charge is 1.94. The Balaban J connectivity index is 0.00000129. The third-order valence-corrected chi connectivity index (χ3v) is 3.87. The lowest BCUT2D eigenvalue weighted by Crippen LogP contribution is -1.83. The highest BCUT2D eigenvalue weighted by molar-refractivity contribution is 4.81. The maximum Gasteiger partial charge on any atom is 0.0701 e. The van der Waals surface area contributed by atoms with Gasteiger partial charge in [-0.1, -0.05) is 76.9 Å². The van der Waals surface area contributed by atoms with Crippen molar-refractivity contribution in [3.63, 3.8) is 0 Å². The second-order valence-electron chi connectivity index (χ2n) is 6.27. The normalized spacial score (nSPS) is 13.2. The lowest BCUT2D eigenvalue weighted by molar-refractivity contribution is 0.282. The number of hydrogen-bond donors (Lipinski definition) is 1. The quantitative estimate of drug-likeness (QED) is 0.227. The predicted molar refractivity (Wildman–Crippen MR) is 97.4 cm³/mol. The number of epoxide rings is 1. The lowest BCUT2D eigenvalue weighted by atomic mass is 10.1. The van der Waals surface area contributed by atoms with Crippen molar-refractivity contribution < 1.29 is 9.84 Å². The highest BCUT2D eigenvalue weighted by atomic mass is 16.6. The molecule has 0 unspecified atom stereocenters. The number of ether oxygens (including phenoxy) is 1. The molecule has 0 aromatic carbocycles. The van der Waals surface area contributed by atoms with Crippen LogP contribution in [0.1, 0.15) is 96.8 Å². The van der Waals surface area contributed by atoms with E-state index in [1.807, 2.05) is 0 Å². The van der Waals surface area contributed by atoms with Crippen LogP contribution in [0.15, 0.2) is 12.2 Å². The van der Waals surface area contributed by atoms with Gasteiger partial charge in [-0.3, -0.25) is 0 Å². The molecule has 1 aliphatic rings. The van der Waals surface area contributed by atoms with Gasteiger partial charge in [0, 0.05) is 6.61 Å². The van der Waals surface area contributed by atoms with E-state index < -0.39 is 0 Å². The molecule has 1 N–H and O–H groups in total. The Morgan fingerprint density at radius 1 is 0.682 bits per heavy atom. The minimum atomic E-state index is 0.362. The highest BCUT2D eigenvalue weighted by Crippen LogP contribution is 2.09. The molecule has 1 rings (SSSR count). The molecule has 0 aliphatic carbocycles. The van der Waals surface area contributed by atoms with Crippen molar-refractivity contribution in [1.29, 1.82) is 0 Å². The molecule has 1 saturated heterocycles. The van der Waals surface area contributed by atoms with Gasteiger partial charge in [0.15, 0.2) is 0 Å². The zero-order valence-corrected chi connectivity index (χ0v) is 15.0. The molecule has 0 spiro atoms. The third-order valence-electron chi connectivity index (χ3n) is 3.87. The first-order valence-corrected chi connectivity index (χ1v) is 9.75. The van der Waals surface area contributed by atoms with Crippen LogP contribution >= 0.6 is 0 Å². The van der Waals surface area contributed by atoms with Crippen molar-refractivity contribution in [3.05, 3.63) is 12.2 Å². The Hall–Kier alpha value is -0.340. The first kappa shape index (κ1) is 21.7. The average molecular weight is 313 g/mol. The Kier molecular flexibility index (Phi) is 20.3. The van der Waals surface area contributed by atoms with Crippen LogP contribution in [0.2, 0.25) is 0 Å². The number of rotatable bonds is 15. The molecular weight excluding hydrogens is 272 g/mol. The van der Waals surface area contributed by atoms with Gasteiger partial charge < -0.3 is 9.84 Å². The summed E-state index contributed by atoms with van der Waals surface area (Å²) in [6.45, 7) is 4.64. The van der Waals surface area contributed by atoms with E-state index in [2.05, 4.69) is 23.8 Å². The Morgan fingerprint density at radius 3 is 1.50 bits per heavy atom. The summed E-state index contributed by atoms with van der Waals surface area (Å²) in [5, 5.41) is 8.66. The van der Waals surface area contributed by atoms with E-state index in [0.29, 0.717) is 6.61 Å². The van der Waals surface area contributed by atoms with Crippen LogP contribution in [-0.4, -0.2) is 24.9 Å². The molecule has 2 nitrogen and oxygen atoms in total. The number of hydrogen-bond acceptors (Lipinski definition) is 2. The van der Waals surface area contributed by atoms with Gasteiger partial charge in [-0.25, -0.2) is 0 Å². The molecule has 0 bridgehead atoms. The van der Waals surface area contributed by atoms with Gasteiger partial charge in [-0.2, -0.15) is 0 Å². The summed E-state index contributed by atoms with van der Waals surface area (Å²) in [5.41, 5.74) is 0. The van der Waals surface area contributed by atoms with Crippen molar-refractivity contribution in [2.45, 2.75) is 96.8 Å². The van der Waals surface area contributed by atoms with Crippen LogP contribution < -0.4 is 0 Å². The first-order chi connectivity index (χ1) is 10.9. The second kappa shape index (κ2) is 20.7. The largest absolute Gasteiger partial charge is 0.396 e. The van der Waals surface area contributed by atoms with Gasteiger partial charge in [0.05, 0.1) is 13.2 Å². The maximum atomic E-state index is 8.66. The van der Waals surface area contributed by atoms with Crippen LogP contribution in [0.4, 0.5) is 0 Å². The summed E-state index contributed by atoms with van der Waals surface area (Å²) in [4.78, 5) is 0. The Bertz CT molecular complexity index is 209. The smallest absolute Gasteiger partial charge is 0.0701 e. The zero-order valence-electron chi connectivity index (χ0n) is 15.0. The average Bonchev–Trinajstić information content (AvgIpc) is 3.40. The number of unbranched alkanes of at least 4 members (excludes halogenated alkanes) is 12. The van der Waals surface area contributed by atoms with Crippen molar-refractivity contribution in [1.82, 2.24) is 0 Å². The number of aliphatic hydroxyl groups excluding tert-OH is 1. The fourth-order valence-corrected chi connectivity index (χ4v) is 2.36.